The predicted molar refractivity (Wildman–Crippen MR) is 121 cm³/mol. The maximum Gasteiger partial charge on any atom is 0.237 e. The van der Waals surface area contributed by atoms with Gasteiger partial charge < -0.3 is 19.5 Å². The van der Waals surface area contributed by atoms with Gasteiger partial charge in [-0.05, 0) is 49.4 Å². The zero-order chi connectivity index (χ0) is 21.0. The van der Waals surface area contributed by atoms with Crippen LogP contribution < -0.4 is 10.2 Å². The van der Waals surface area contributed by atoms with E-state index in [-0.39, 0.29) is 11.2 Å². The predicted octanol–water partition coefficient (Wildman–Crippen LogP) is 4.52. The van der Waals surface area contributed by atoms with Gasteiger partial charge in [-0.25, -0.2) is 4.98 Å². The van der Waals surface area contributed by atoms with Gasteiger partial charge in [0.25, 0.3) is 0 Å². The van der Waals surface area contributed by atoms with Crippen molar-refractivity contribution in [2.24, 2.45) is 0 Å². The average molecular weight is 433 g/mol. The molecule has 0 aliphatic carbocycles. The van der Waals surface area contributed by atoms with Gasteiger partial charge in [0.1, 0.15) is 0 Å². The van der Waals surface area contributed by atoms with E-state index in [0.717, 1.165) is 27.6 Å². The molecule has 3 rings (SSSR count). The lowest BCUT2D eigenvalue weighted by Gasteiger charge is -2.15. The molecule has 0 bridgehead atoms. The van der Waals surface area contributed by atoms with Gasteiger partial charge in [-0.15, -0.1) is 0 Å². The van der Waals surface area contributed by atoms with Crippen LogP contribution in [-0.2, 0) is 16.1 Å². The molecule has 3 aromatic rings. The highest BCUT2D eigenvalue weighted by Gasteiger charge is 2.20. The number of imidazole rings is 1. The Morgan fingerprint density at radius 3 is 2.66 bits per heavy atom. The van der Waals surface area contributed by atoms with Crippen molar-refractivity contribution in [2.75, 3.05) is 38.0 Å². The van der Waals surface area contributed by atoms with Crippen molar-refractivity contribution < 1.29 is 9.53 Å². The van der Waals surface area contributed by atoms with Gasteiger partial charge in [0.2, 0.25) is 5.91 Å². The number of anilines is 2. The summed E-state index contributed by atoms with van der Waals surface area (Å²) in [5.74, 6) is -0.0732. The number of aromatic nitrogens is 2. The summed E-state index contributed by atoms with van der Waals surface area (Å²) >= 11 is 7.53. The van der Waals surface area contributed by atoms with E-state index in [2.05, 4.69) is 14.9 Å². The third kappa shape index (κ3) is 5.23. The fourth-order valence-corrected chi connectivity index (χ4v) is 3.98. The van der Waals surface area contributed by atoms with Crippen molar-refractivity contribution in [2.45, 2.75) is 23.9 Å². The number of rotatable bonds is 8. The number of hydrogen-bond acceptors (Lipinski definition) is 5. The monoisotopic (exact) mass is 432 g/mol. The molecule has 1 heterocycles. The Bertz CT molecular complexity index is 988. The molecule has 0 spiro atoms. The molecule has 0 aliphatic rings. The molecule has 0 aliphatic heterocycles. The van der Waals surface area contributed by atoms with Gasteiger partial charge in [-0.1, -0.05) is 23.4 Å². The first-order valence-corrected chi connectivity index (χ1v) is 10.5. The number of methoxy groups -OCH3 is 1. The lowest BCUT2D eigenvalue weighted by Crippen LogP contribution is -2.23. The molecular weight excluding hydrogens is 408 g/mol. The third-order valence-corrected chi connectivity index (χ3v) is 5.82. The van der Waals surface area contributed by atoms with Crippen LogP contribution in [-0.4, -0.2) is 48.5 Å². The summed E-state index contributed by atoms with van der Waals surface area (Å²) < 4.78 is 7.30. The number of benzene rings is 2. The molecule has 8 heteroatoms. The van der Waals surface area contributed by atoms with E-state index in [0.29, 0.717) is 18.2 Å². The number of carbonyl (C=O) groups excluding carboxylic acids is 1. The Balaban J connectivity index is 1.75. The van der Waals surface area contributed by atoms with Crippen LogP contribution in [0.4, 0.5) is 11.4 Å². The number of nitrogens with zero attached hydrogens (tertiary/aromatic N) is 3. The Morgan fingerprint density at radius 2 is 2.00 bits per heavy atom. The van der Waals surface area contributed by atoms with Crippen LogP contribution >= 0.6 is 23.4 Å². The molecule has 0 fully saturated rings. The molecule has 154 valence electrons. The number of fused-ring (bicyclic) bond motifs is 1. The largest absolute Gasteiger partial charge is 0.383 e. The summed E-state index contributed by atoms with van der Waals surface area (Å²) in [4.78, 5) is 19.4. The molecule has 0 saturated heterocycles. The zero-order valence-electron chi connectivity index (χ0n) is 17.0. The van der Waals surface area contributed by atoms with Crippen molar-refractivity contribution in [1.82, 2.24) is 9.55 Å². The maximum absolute atomic E-state index is 12.7. The molecular formula is C21H25ClN4O2S. The Morgan fingerprint density at radius 1 is 1.28 bits per heavy atom. The quantitative estimate of drug-likeness (QED) is 0.530. The highest BCUT2D eigenvalue weighted by molar-refractivity contribution is 8.00. The third-order valence-electron chi connectivity index (χ3n) is 4.50. The van der Waals surface area contributed by atoms with Crippen LogP contribution in [0, 0.1) is 0 Å². The second-order valence-corrected chi connectivity index (χ2v) is 8.61. The van der Waals surface area contributed by atoms with E-state index in [9.17, 15) is 4.79 Å². The number of halogens is 1. The van der Waals surface area contributed by atoms with Crippen molar-refractivity contribution in [3.8, 4) is 0 Å². The first kappa shape index (κ1) is 21.5. The summed E-state index contributed by atoms with van der Waals surface area (Å²) in [6.45, 7) is 3.08. The van der Waals surface area contributed by atoms with Gasteiger partial charge >= 0.3 is 0 Å². The normalized spacial score (nSPS) is 12.2. The van der Waals surface area contributed by atoms with Crippen molar-refractivity contribution >= 4 is 51.7 Å². The standard InChI is InChI=1S/C21H25ClN4O2S/c1-14(20(27)23-16-6-8-17(9-7-16)25(2)3)29-21-24-18-13-15(22)5-10-19(18)26(21)11-12-28-4/h5-10,13-14H,11-12H2,1-4H3,(H,23,27). The molecule has 29 heavy (non-hydrogen) atoms. The minimum atomic E-state index is -0.322. The van der Waals surface area contributed by atoms with Gasteiger partial charge in [-0.2, -0.15) is 0 Å². The van der Waals surface area contributed by atoms with E-state index >= 15 is 0 Å². The van der Waals surface area contributed by atoms with Gasteiger partial charge in [0.15, 0.2) is 5.16 Å². The molecule has 1 atom stereocenters. The van der Waals surface area contributed by atoms with Crippen molar-refractivity contribution in [1.29, 1.82) is 0 Å². The first-order valence-electron chi connectivity index (χ1n) is 9.28. The van der Waals surface area contributed by atoms with Crippen LogP contribution in [0.25, 0.3) is 11.0 Å². The molecule has 0 radical (unpaired) electrons. The van der Waals surface area contributed by atoms with E-state index in [1.54, 1.807) is 7.11 Å². The molecule has 1 N–H and O–H groups in total. The molecule has 2 aromatic carbocycles. The number of amides is 1. The van der Waals surface area contributed by atoms with Gasteiger partial charge in [0.05, 0.1) is 22.9 Å². The van der Waals surface area contributed by atoms with Crippen LogP contribution in [0.1, 0.15) is 6.92 Å². The Kier molecular flexibility index (Phi) is 7.05. The highest BCUT2D eigenvalue weighted by Crippen LogP contribution is 2.29. The fraction of sp³-hybridized carbons (Fsp3) is 0.333. The Hall–Kier alpha value is -2.22. The minimum Gasteiger partial charge on any atom is -0.383 e. The SMILES string of the molecule is COCCn1c(SC(C)C(=O)Nc2ccc(N(C)C)cc2)nc2cc(Cl)ccc21. The summed E-state index contributed by atoms with van der Waals surface area (Å²) in [5.41, 5.74) is 3.63. The fourth-order valence-electron chi connectivity index (χ4n) is 2.87. The van der Waals surface area contributed by atoms with E-state index in [1.807, 2.05) is 68.4 Å². The van der Waals surface area contributed by atoms with Crippen LogP contribution in [0.5, 0.6) is 0 Å². The maximum atomic E-state index is 12.7. The van der Waals surface area contributed by atoms with E-state index in [1.165, 1.54) is 11.8 Å². The van der Waals surface area contributed by atoms with Crippen LogP contribution in [0.3, 0.4) is 0 Å². The highest BCUT2D eigenvalue weighted by atomic mass is 35.5. The minimum absolute atomic E-state index is 0.0732. The number of hydrogen-bond donors (Lipinski definition) is 1. The second kappa shape index (κ2) is 9.52. The van der Waals surface area contributed by atoms with Gasteiger partial charge in [0, 0.05) is 44.1 Å². The first-order chi connectivity index (χ1) is 13.9. The molecule has 1 aromatic heterocycles. The second-order valence-electron chi connectivity index (χ2n) is 6.86. The van der Waals surface area contributed by atoms with Crippen LogP contribution in [0.15, 0.2) is 47.6 Å². The summed E-state index contributed by atoms with van der Waals surface area (Å²) in [6, 6.07) is 13.4. The number of nitrogens with one attached hydrogen (secondary N) is 1. The average Bonchev–Trinajstić information content (AvgIpc) is 3.02. The van der Waals surface area contributed by atoms with Gasteiger partial charge in [-0.3, -0.25) is 4.79 Å². The topological polar surface area (TPSA) is 59.4 Å². The van der Waals surface area contributed by atoms with Crippen LogP contribution in [0.2, 0.25) is 5.02 Å². The smallest absolute Gasteiger partial charge is 0.237 e. The van der Waals surface area contributed by atoms with Crippen molar-refractivity contribution in [3.63, 3.8) is 0 Å². The number of thioether (sulfide) groups is 1. The summed E-state index contributed by atoms with van der Waals surface area (Å²) in [7, 11) is 5.63. The lowest BCUT2D eigenvalue weighted by atomic mass is 10.2. The Labute approximate surface area is 180 Å². The van der Waals surface area contributed by atoms with Crippen molar-refractivity contribution in [3.05, 3.63) is 47.5 Å². The molecule has 1 unspecified atom stereocenters. The molecule has 0 saturated carbocycles. The number of carbonyl (C=O) groups is 1. The number of ether oxygens (including phenoxy) is 1. The molecule has 6 nitrogen and oxygen atoms in total. The summed E-state index contributed by atoms with van der Waals surface area (Å²) in [5, 5.41) is 4.06. The van der Waals surface area contributed by atoms with E-state index in [4.69, 9.17) is 16.3 Å². The summed E-state index contributed by atoms with van der Waals surface area (Å²) in [6.07, 6.45) is 0. The lowest BCUT2D eigenvalue weighted by molar-refractivity contribution is -0.115. The zero-order valence-corrected chi connectivity index (χ0v) is 18.5. The molecule has 1 amide bonds. The van der Waals surface area contributed by atoms with E-state index < -0.39 is 0 Å².